The van der Waals surface area contributed by atoms with Crippen molar-refractivity contribution in [3.05, 3.63) is 27.8 Å². The van der Waals surface area contributed by atoms with E-state index in [0.717, 1.165) is 25.0 Å². The molecule has 26 heavy (non-hydrogen) atoms. The van der Waals surface area contributed by atoms with Gasteiger partial charge in [-0.15, -0.1) is 4.33 Å². The van der Waals surface area contributed by atoms with Gasteiger partial charge in [0, 0.05) is 8.81 Å². The smallest absolute Gasteiger partial charge is 0.691 e. The molecule has 0 radical (unpaired) electrons. The summed E-state index contributed by atoms with van der Waals surface area (Å²) in [4.78, 5) is 0. The third-order valence-corrected chi connectivity index (χ3v) is 6.22. The maximum atomic E-state index is 9.63. The molecule has 0 aromatic heterocycles. The van der Waals surface area contributed by atoms with Crippen LogP contribution in [0, 0.1) is 20.8 Å². The van der Waals surface area contributed by atoms with Crippen LogP contribution in [0.15, 0.2) is 0 Å². The van der Waals surface area contributed by atoms with Gasteiger partial charge in [0.2, 0.25) is 0 Å². The molecule has 0 saturated carbocycles. The summed E-state index contributed by atoms with van der Waals surface area (Å²) in [6.45, 7) is 11.3. The van der Waals surface area contributed by atoms with Gasteiger partial charge in [0.05, 0.1) is 6.61 Å². The molecule has 0 aliphatic carbocycles. The number of benzene rings is 1. The molecule has 1 aromatic rings. The Bertz CT molecular complexity index is 603. The van der Waals surface area contributed by atoms with Crippen LogP contribution in [-0.2, 0) is 31.1 Å². The molecule has 2 unspecified atom stereocenters. The average Bonchev–Trinajstić information content (AvgIpc) is 2.61. The Labute approximate surface area is 184 Å². The van der Waals surface area contributed by atoms with E-state index in [-0.39, 0.29) is 44.0 Å². The van der Waals surface area contributed by atoms with E-state index in [1.165, 1.54) is 27.8 Å². The van der Waals surface area contributed by atoms with Crippen molar-refractivity contribution in [2.75, 3.05) is 6.35 Å². The van der Waals surface area contributed by atoms with Gasteiger partial charge >= 0.3 is 29.6 Å². The summed E-state index contributed by atoms with van der Waals surface area (Å²) in [6.07, 6.45) is 3.41. The van der Waals surface area contributed by atoms with Gasteiger partial charge in [0.1, 0.15) is 17.7 Å². The van der Waals surface area contributed by atoms with Crippen LogP contribution in [0.4, 0.5) is 0 Å². The van der Waals surface area contributed by atoms with Crippen LogP contribution in [0.25, 0.3) is 0 Å². The minimum atomic E-state index is -0.0685. The summed E-state index contributed by atoms with van der Waals surface area (Å²) >= 11 is 0.504. The van der Waals surface area contributed by atoms with Crippen LogP contribution in [0.3, 0.4) is 0 Å². The van der Waals surface area contributed by atoms with Crippen molar-refractivity contribution in [1.82, 2.24) is 0 Å². The number of rotatable bonds is 9. The molecule has 1 aliphatic heterocycles. The Balaban J connectivity index is 0.00000338. The zero-order chi connectivity index (χ0) is 18.4. The van der Waals surface area contributed by atoms with Crippen molar-refractivity contribution in [3.8, 4) is 5.75 Å². The minimum absolute atomic E-state index is 0. The van der Waals surface area contributed by atoms with Crippen LogP contribution >= 0.6 is 21.1 Å². The molecule has 1 aromatic carbocycles. The zero-order valence-electron chi connectivity index (χ0n) is 16.4. The Morgan fingerprint density at radius 3 is 2.62 bits per heavy atom. The Morgan fingerprint density at radius 2 is 1.96 bits per heavy atom. The molecule has 1 aliphatic rings. The minimum Gasteiger partial charge on any atom is -0.691 e. The first kappa shape index (κ1) is 24.6. The standard InChI is InChI=1S/C17H27O6PS.Na/c1-6-17(5)8-7-14-13(4)15(11(2)12(3)16(14)21-17)9-19-24-10-20-25-23-22-18;/h18,24H,6-10H2,1-5H3;/q;+1/p-1. The Hall–Kier alpha value is 0.600. The van der Waals surface area contributed by atoms with Gasteiger partial charge < -0.3 is 14.5 Å². The van der Waals surface area contributed by atoms with E-state index in [9.17, 15) is 5.26 Å². The number of hydrogen-bond acceptors (Lipinski definition) is 7. The van der Waals surface area contributed by atoms with Crippen molar-refractivity contribution in [2.24, 2.45) is 0 Å². The first-order valence-corrected chi connectivity index (χ1v) is 10.1. The molecule has 142 valence electrons. The van der Waals surface area contributed by atoms with Gasteiger partial charge in [-0.3, -0.25) is 9.22 Å². The van der Waals surface area contributed by atoms with Crippen molar-refractivity contribution >= 4 is 21.1 Å². The molecule has 0 bridgehead atoms. The number of ether oxygens (including phenoxy) is 1. The predicted molar refractivity (Wildman–Crippen MR) is 97.1 cm³/mol. The fourth-order valence-corrected chi connectivity index (χ4v) is 3.87. The van der Waals surface area contributed by atoms with E-state index >= 15 is 0 Å². The zero-order valence-corrected chi connectivity index (χ0v) is 20.2. The van der Waals surface area contributed by atoms with Crippen LogP contribution in [0.5, 0.6) is 5.75 Å². The summed E-state index contributed by atoms with van der Waals surface area (Å²) in [7, 11) is 0.146. The Kier molecular flexibility index (Phi) is 11.0. The van der Waals surface area contributed by atoms with Crippen LogP contribution in [0.2, 0.25) is 0 Å². The first-order valence-electron chi connectivity index (χ1n) is 8.33. The topological polar surface area (TPSA) is 69.2 Å². The van der Waals surface area contributed by atoms with Crippen molar-refractivity contribution in [2.45, 2.75) is 66.1 Å². The van der Waals surface area contributed by atoms with E-state index in [1.54, 1.807) is 0 Å². The first-order chi connectivity index (χ1) is 11.9. The summed E-state index contributed by atoms with van der Waals surface area (Å²) in [5.41, 5.74) is 6.15. The van der Waals surface area contributed by atoms with Crippen LogP contribution in [0.1, 0.15) is 54.5 Å². The predicted octanol–water partition coefficient (Wildman–Crippen LogP) is 0.980. The van der Waals surface area contributed by atoms with E-state index in [4.69, 9.17) is 13.4 Å². The summed E-state index contributed by atoms with van der Waals surface area (Å²) in [5.74, 6) is 1.06. The van der Waals surface area contributed by atoms with Gasteiger partial charge in [-0.25, -0.2) is 0 Å². The van der Waals surface area contributed by atoms with Gasteiger partial charge in [-0.2, -0.15) is 0 Å². The summed E-state index contributed by atoms with van der Waals surface area (Å²) in [6, 6.07) is 0. The molecule has 0 N–H and O–H groups in total. The summed E-state index contributed by atoms with van der Waals surface area (Å²) < 4.78 is 21.1. The fourth-order valence-electron chi connectivity index (χ4n) is 3.09. The Morgan fingerprint density at radius 1 is 1.23 bits per heavy atom. The van der Waals surface area contributed by atoms with E-state index in [2.05, 4.69) is 44.0 Å². The van der Waals surface area contributed by atoms with Crippen molar-refractivity contribution < 1.29 is 57.6 Å². The molecule has 9 heteroatoms. The molecular weight excluding hydrogens is 386 g/mol. The third-order valence-electron chi connectivity index (χ3n) is 5.08. The molecule has 0 amide bonds. The van der Waals surface area contributed by atoms with E-state index < -0.39 is 0 Å². The second-order valence-corrected chi connectivity index (χ2v) is 7.84. The molecule has 2 atom stereocenters. The van der Waals surface area contributed by atoms with Crippen LogP contribution in [-0.4, -0.2) is 11.9 Å². The monoisotopic (exact) mass is 412 g/mol. The average molecular weight is 412 g/mol. The second-order valence-electron chi connectivity index (χ2n) is 6.47. The van der Waals surface area contributed by atoms with Gasteiger partial charge in [0.25, 0.3) is 0 Å². The largest absolute Gasteiger partial charge is 1.00 e. The third kappa shape index (κ3) is 6.05. The van der Waals surface area contributed by atoms with Gasteiger partial charge in [0.15, 0.2) is 12.3 Å². The summed E-state index contributed by atoms with van der Waals surface area (Å²) in [5, 5.41) is 12.8. The molecule has 6 nitrogen and oxygen atoms in total. The maximum absolute atomic E-state index is 9.63. The molecule has 1 heterocycles. The number of hydrogen-bond donors (Lipinski definition) is 0. The molecule has 0 fully saturated rings. The van der Waals surface area contributed by atoms with Crippen molar-refractivity contribution in [1.29, 1.82) is 0 Å². The van der Waals surface area contributed by atoms with Crippen molar-refractivity contribution in [3.63, 3.8) is 0 Å². The van der Waals surface area contributed by atoms with Gasteiger partial charge in [-0.1, -0.05) is 6.92 Å². The SMILES string of the molecule is CCC1(C)CCc2c(C)c(COPCOSOO[O-])c(C)c(C)c2O1.[Na+]. The normalized spacial score (nSPS) is 19.3. The molecule has 0 saturated heterocycles. The maximum Gasteiger partial charge on any atom is 1.00 e. The molecular formula is C17H26NaO6PS. The molecule has 2 rings (SSSR count). The van der Waals surface area contributed by atoms with E-state index in [1.807, 2.05) is 0 Å². The molecule has 0 spiro atoms. The quantitative estimate of drug-likeness (QED) is 0.150. The van der Waals surface area contributed by atoms with Gasteiger partial charge in [-0.05, 0) is 74.8 Å². The van der Waals surface area contributed by atoms with Crippen LogP contribution < -0.4 is 39.6 Å². The number of fused-ring (bicyclic) bond motifs is 1. The fraction of sp³-hybridized carbons (Fsp3) is 0.647. The second kappa shape index (κ2) is 11.6. The van der Waals surface area contributed by atoms with E-state index in [0.29, 0.717) is 25.3 Å².